The summed E-state index contributed by atoms with van der Waals surface area (Å²) >= 11 is 5.70. The van der Waals surface area contributed by atoms with Gasteiger partial charge in [-0.1, -0.05) is 17.7 Å². The third-order valence-electron chi connectivity index (χ3n) is 2.90. The fourth-order valence-corrected chi connectivity index (χ4v) is 2.97. The predicted molar refractivity (Wildman–Crippen MR) is 76.6 cm³/mol. The van der Waals surface area contributed by atoms with Crippen LogP contribution < -0.4 is 4.72 Å². The Bertz CT molecular complexity index is 687. The highest BCUT2D eigenvalue weighted by atomic mass is 35.5. The number of rotatable bonds is 4. The molecule has 8 heteroatoms. The van der Waals surface area contributed by atoms with Crippen molar-refractivity contribution in [3.63, 3.8) is 0 Å². The van der Waals surface area contributed by atoms with E-state index >= 15 is 0 Å². The van der Waals surface area contributed by atoms with E-state index in [4.69, 9.17) is 11.6 Å². The molecule has 0 fully saturated rings. The summed E-state index contributed by atoms with van der Waals surface area (Å²) < 4.78 is 42.8. The van der Waals surface area contributed by atoms with Gasteiger partial charge in [0.25, 0.3) is 0 Å². The second kappa shape index (κ2) is 6.44. The van der Waals surface area contributed by atoms with Gasteiger partial charge >= 0.3 is 16.3 Å². The number of benzene rings is 1. The molecule has 1 aromatic rings. The average Bonchev–Trinajstić information content (AvgIpc) is 2.42. The first kappa shape index (κ1) is 15.8. The predicted octanol–water partition coefficient (Wildman–Crippen LogP) is 3.18. The summed E-state index contributed by atoms with van der Waals surface area (Å²) in [6.45, 7) is 0. The zero-order valence-electron chi connectivity index (χ0n) is 10.9. The Morgan fingerprint density at radius 3 is 2.71 bits per heavy atom. The topological polar surface area (TPSA) is 72.5 Å². The average molecular weight is 334 g/mol. The molecule has 21 heavy (non-hydrogen) atoms. The number of allylic oxidation sites excluding steroid dienone is 1. The van der Waals surface area contributed by atoms with Crippen LogP contribution in [0, 0.1) is 5.82 Å². The Kier molecular flexibility index (Phi) is 4.84. The van der Waals surface area contributed by atoms with Gasteiger partial charge in [0, 0.05) is 5.57 Å². The molecule has 114 valence electrons. The van der Waals surface area contributed by atoms with Crippen LogP contribution in [0.1, 0.15) is 25.7 Å². The van der Waals surface area contributed by atoms with Crippen molar-refractivity contribution in [1.29, 1.82) is 0 Å². The largest absolute Gasteiger partial charge is 0.410 e. The molecule has 0 spiro atoms. The zero-order valence-corrected chi connectivity index (χ0v) is 12.5. The maximum absolute atomic E-state index is 12.9. The lowest BCUT2D eigenvalue weighted by molar-refractivity contribution is -0.129. The molecule has 1 aliphatic rings. The molecule has 0 amide bonds. The first-order chi connectivity index (χ1) is 9.87. The number of carbonyl (C=O) groups excluding carboxylic acids is 1. The molecule has 2 rings (SSSR count). The molecule has 1 aliphatic carbocycles. The molecule has 0 aromatic heterocycles. The number of halogens is 2. The standard InChI is InChI=1S/C13H13ClFNO4S/c14-11-8-10(15)6-7-12(11)16-21(18,19)20-13(17)9-4-2-1-3-5-9/h4,6-8,16H,1-3,5H2. The summed E-state index contributed by atoms with van der Waals surface area (Å²) in [5.41, 5.74) is 0.278. The van der Waals surface area contributed by atoms with Crippen molar-refractivity contribution >= 4 is 33.6 Å². The van der Waals surface area contributed by atoms with Gasteiger partial charge in [0.15, 0.2) is 0 Å². The molecule has 0 saturated carbocycles. The smallest absolute Gasteiger partial charge is 0.326 e. The monoisotopic (exact) mass is 333 g/mol. The van der Waals surface area contributed by atoms with Crippen molar-refractivity contribution in [2.45, 2.75) is 25.7 Å². The van der Waals surface area contributed by atoms with Crippen LogP contribution in [0.2, 0.25) is 5.02 Å². The summed E-state index contributed by atoms with van der Waals surface area (Å²) in [4.78, 5) is 11.7. The van der Waals surface area contributed by atoms with Crippen molar-refractivity contribution in [2.24, 2.45) is 0 Å². The lowest BCUT2D eigenvalue weighted by Crippen LogP contribution is -2.22. The van der Waals surface area contributed by atoms with E-state index in [0.717, 1.165) is 37.5 Å². The van der Waals surface area contributed by atoms with Crippen LogP contribution in [0.5, 0.6) is 0 Å². The van der Waals surface area contributed by atoms with E-state index < -0.39 is 22.1 Å². The highest BCUT2D eigenvalue weighted by Crippen LogP contribution is 2.24. The van der Waals surface area contributed by atoms with Gasteiger partial charge in [-0.15, -0.1) is 0 Å². The molecule has 0 heterocycles. The number of hydrogen-bond acceptors (Lipinski definition) is 4. The highest BCUT2D eigenvalue weighted by molar-refractivity contribution is 7.88. The minimum atomic E-state index is -4.37. The van der Waals surface area contributed by atoms with Crippen molar-refractivity contribution in [3.8, 4) is 0 Å². The Morgan fingerprint density at radius 2 is 2.10 bits per heavy atom. The van der Waals surface area contributed by atoms with Gasteiger partial charge in [-0.05, 0) is 43.9 Å². The van der Waals surface area contributed by atoms with Gasteiger partial charge < -0.3 is 4.18 Å². The van der Waals surface area contributed by atoms with Crippen molar-refractivity contribution in [3.05, 3.63) is 40.7 Å². The number of anilines is 1. The Morgan fingerprint density at radius 1 is 1.33 bits per heavy atom. The van der Waals surface area contributed by atoms with E-state index in [0.29, 0.717) is 12.0 Å². The van der Waals surface area contributed by atoms with Gasteiger partial charge in [0.05, 0.1) is 10.7 Å². The second-order valence-electron chi connectivity index (χ2n) is 4.53. The number of hydrogen-bond donors (Lipinski definition) is 1. The number of carbonyl (C=O) groups is 1. The molecule has 5 nitrogen and oxygen atoms in total. The van der Waals surface area contributed by atoms with Crippen molar-refractivity contribution < 1.29 is 21.8 Å². The molecule has 0 saturated heterocycles. The van der Waals surface area contributed by atoms with Gasteiger partial charge in [0.2, 0.25) is 0 Å². The minimum Gasteiger partial charge on any atom is -0.326 e. The van der Waals surface area contributed by atoms with Crippen molar-refractivity contribution in [1.82, 2.24) is 0 Å². The van der Waals surface area contributed by atoms with Gasteiger partial charge in [-0.25, -0.2) is 13.9 Å². The molecule has 0 unspecified atom stereocenters. The summed E-state index contributed by atoms with van der Waals surface area (Å²) in [7, 11) is -4.37. The third kappa shape index (κ3) is 4.44. The summed E-state index contributed by atoms with van der Waals surface area (Å²) in [6.07, 6.45) is 4.67. The fraction of sp³-hybridized carbons (Fsp3) is 0.308. The molecular weight excluding hydrogens is 321 g/mol. The van der Waals surface area contributed by atoms with E-state index in [9.17, 15) is 17.6 Å². The lowest BCUT2D eigenvalue weighted by Gasteiger charge is -2.13. The molecule has 0 atom stereocenters. The van der Waals surface area contributed by atoms with E-state index in [-0.39, 0.29) is 10.7 Å². The van der Waals surface area contributed by atoms with E-state index in [1.165, 1.54) is 0 Å². The molecular formula is C13H13ClFNO4S. The maximum atomic E-state index is 12.9. The Labute approximate surface area is 127 Å². The lowest BCUT2D eigenvalue weighted by atomic mass is 10.0. The third-order valence-corrected chi connectivity index (χ3v) is 4.06. The molecule has 1 N–H and O–H groups in total. The first-order valence-corrected chi connectivity index (χ1v) is 8.07. The van der Waals surface area contributed by atoms with Crippen LogP contribution in [-0.4, -0.2) is 14.4 Å². The summed E-state index contributed by atoms with van der Waals surface area (Å²) in [6, 6.07) is 3.13. The normalized spacial score (nSPS) is 15.2. The van der Waals surface area contributed by atoms with Crippen molar-refractivity contribution in [2.75, 3.05) is 4.72 Å². The summed E-state index contributed by atoms with van der Waals surface area (Å²) in [5, 5.41) is -0.133. The van der Waals surface area contributed by atoms with Crippen LogP contribution in [0.3, 0.4) is 0 Å². The van der Waals surface area contributed by atoms with E-state index in [1.54, 1.807) is 6.08 Å². The Hall–Kier alpha value is -1.60. The molecule has 1 aromatic carbocycles. The van der Waals surface area contributed by atoms with Crippen LogP contribution in [0.15, 0.2) is 29.8 Å². The van der Waals surface area contributed by atoms with Gasteiger partial charge in [-0.2, -0.15) is 8.42 Å². The van der Waals surface area contributed by atoms with E-state index in [1.807, 2.05) is 4.72 Å². The maximum Gasteiger partial charge on any atom is 0.410 e. The zero-order chi connectivity index (χ0) is 15.5. The quantitative estimate of drug-likeness (QED) is 0.918. The highest BCUT2D eigenvalue weighted by Gasteiger charge is 2.22. The van der Waals surface area contributed by atoms with Gasteiger partial charge in [-0.3, -0.25) is 0 Å². The second-order valence-corrected chi connectivity index (χ2v) is 6.21. The van der Waals surface area contributed by atoms with Gasteiger partial charge in [0.1, 0.15) is 5.82 Å². The molecule has 0 aliphatic heterocycles. The molecule has 0 bridgehead atoms. The SMILES string of the molecule is O=C(OS(=O)(=O)Nc1ccc(F)cc1Cl)C1=CCCCC1. The summed E-state index contributed by atoms with van der Waals surface area (Å²) in [5.74, 6) is -1.51. The molecule has 0 radical (unpaired) electrons. The van der Waals surface area contributed by atoms with Crippen LogP contribution in [0.25, 0.3) is 0 Å². The van der Waals surface area contributed by atoms with Crippen LogP contribution in [-0.2, 0) is 19.3 Å². The first-order valence-electron chi connectivity index (χ1n) is 6.28. The Balaban J connectivity index is 2.08. The fourth-order valence-electron chi connectivity index (χ4n) is 1.90. The number of nitrogens with one attached hydrogen (secondary N) is 1. The van der Waals surface area contributed by atoms with Crippen LogP contribution >= 0.6 is 11.6 Å². The minimum absolute atomic E-state index is 0.0662. The van der Waals surface area contributed by atoms with E-state index in [2.05, 4.69) is 4.18 Å². The van der Waals surface area contributed by atoms with Crippen LogP contribution in [0.4, 0.5) is 10.1 Å².